The van der Waals surface area contributed by atoms with Gasteiger partial charge in [0.05, 0.1) is 6.61 Å². The lowest BCUT2D eigenvalue weighted by atomic mass is 10.3. The highest BCUT2D eigenvalue weighted by Crippen LogP contribution is 2.27. The van der Waals surface area contributed by atoms with Crippen molar-refractivity contribution < 1.29 is 18.9 Å². The van der Waals surface area contributed by atoms with Gasteiger partial charge in [-0.1, -0.05) is 0 Å². The van der Waals surface area contributed by atoms with Crippen LogP contribution < -0.4 is 0 Å². The van der Waals surface area contributed by atoms with Gasteiger partial charge in [-0.25, -0.2) is 4.79 Å². The van der Waals surface area contributed by atoms with Crippen LogP contribution in [0.2, 0.25) is 0 Å². The topological polar surface area (TPSA) is 82.6 Å². The highest BCUT2D eigenvalue weighted by atomic mass is 79.9. The number of nitrogens with zero attached hydrogens (tertiary/aromatic N) is 1. The molecule has 0 N–H and O–H groups in total. The SMILES string of the molecule is CCOC(=O)c1cc(Br)oc1[N+](=O)[O-]. The molecule has 0 aliphatic heterocycles. The van der Waals surface area contributed by atoms with Crippen molar-refractivity contribution in [2.75, 3.05) is 6.61 Å². The molecule has 0 amide bonds. The second kappa shape index (κ2) is 4.23. The Bertz CT molecular complexity index is 372. The standard InChI is InChI=1S/C7H6BrNO5/c1-2-13-7(10)4-3-5(8)14-6(4)9(11)12/h3H,2H2,1H3. The van der Waals surface area contributed by atoms with Crippen LogP contribution in [0.15, 0.2) is 15.2 Å². The van der Waals surface area contributed by atoms with E-state index in [2.05, 4.69) is 25.1 Å². The quantitative estimate of drug-likeness (QED) is 0.474. The highest BCUT2D eigenvalue weighted by Gasteiger charge is 2.27. The first-order valence-electron chi connectivity index (χ1n) is 3.67. The van der Waals surface area contributed by atoms with E-state index < -0.39 is 16.8 Å². The number of halogens is 1. The third kappa shape index (κ3) is 2.11. The molecule has 1 heterocycles. The van der Waals surface area contributed by atoms with Crippen LogP contribution in [0.3, 0.4) is 0 Å². The second-order valence-corrected chi connectivity index (χ2v) is 3.03. The summed E-state index contributed by atoms with van der Waals surface area (Å²) in [6, 6.07) is 1.20. The molecule has 0 saturated carbocycles. The maximum atomic E-state index is 11.2. The molecule has 0 spiro atoms. The van der Waals surface area contributed by atoms with Gasteiger partial charge in [-0.2, -0.15) is 0 Å². The lowest BCUT2D eigenvalue weighted by Crippen LogP contribution is -2.05. The summed E-state index contributed by atoms with van der Waals surface area (Å²) >= 11 is 2.89. The molecule has 0 aliphatic carbocycles. The molecule has 0 aliphatic rings. The first-order valence-corrected chi connectivity index (χ1v) is 4.46. The van der Waals surface area contributed by atoms with Crippen LogP contribution in [-0.4, -0.2) is 17.5 Å². The van der Waals surface area contributed by atoms with Gasteiger partial charge >= 0.3 is 11.9 Å². The molecule has 0 fully saturated rings. The summed E-state index contributed by atoms with van der Waals surface area (Å²) in [5, 5.41) is 10.4. The molecular weight excluding hydrogens is 258 g/mol. The number of carbonyl (C=O) groups excluding carboxylic acids is 1. The highest BCUT2D eigenvalue weighted by molar-refractivity contribution is 9.10. The van der Waals surface area contributed by atoms with Crippen LogP contribution in [-0.2, 0) is 4.74 Å². The summed E-state index contributed by atoms with van der Waals surface area (Å²) in [4.78, 5) is 20.8. The van der Waals surface area contributed by atoms with Crippen LogP contribution in [0.25, 0.3) is 0 Å². The van der Waals surface area contributed by atoms with Crippen molar-refractivity contribution in [3.8, 4) is 0 Å². The van der Waals surface area contributed by atoms with Gasteiger partial charge in [0.2, 0.25) is 0 Å². The van der Waals surface area contributed by atoms with Gasteiger partial charge in [-0.3, -0.25) is 10.1 Å². The Kier molecular flexibility index (Phi) is 3.23. The molecule has 6 nitrogen and oxygen atoms in total. The first-order chi connectivity index (χ1) is 6.56. The number of rotatable bonds is 3. The summed E-state index contributed by atoms with van der Waals surface area (Å²) in [5.41, 5.74) is -0.191. The van der Waals surface area contributed by atoms with Crippen LogP contribution in [0.1, 0.15) is 17.3 Å². The third-order valence-corrected chi connectivity index (χ3v) is 1.73. The number of hydrogen-bond donors (Lipinski definition) is 0. The van der Waals surface area contributed by atoms with E-state index in [-0.39, 0.29) is 16.8 Å². The van der Waals surface area contributed by atoms with Gasteiger partial charge in [-0.15, -0.1) is 0 Å². The molecule has 14 heavy (non-hydrogen) atoms. The Morgan fingerprint density at radius 1 is 1.79 bits per heavy atom. The van der Waals surface area contributed by atoms with Crippen molar-refractivity contribution in [3.05, 3.63) is 26.4 Å². The zero-order chi connectivity index (χ0) is 10.7. The number of furan rings is 1. The lowest BCUT2D eigenvalue weighted by Gasteiger charge is -1.96. The minimum absolute atomic E-state index is 0.118. The van der Waals surface area contributed by atoms with Gasteiger partial charge in [0, 0.05) is 6.07 Å². The molecule has 0 radical (unpaired) electrons. The van der Waals surface area contributed by atoms with E-state index in [1.165, 1.54) is 6.07 Å². The molecule has 0 bridgehead atoms. The summed E-state index contributed by atoms with van der Waals surface area (Å²) in [6.45, 7) is 1.76. The Morgan fingerprint density at radius 3 is 2.93 bits per heavy atom. The molecule has 7 heteroatoms. The predicted molar refractivity (Wildman–Crippen MR) is 49.0 cm³/mol. The van der Waals surface area contributed by atoms with Crippen molar-refractivity contribution in [2.45, 2.75) is 6.92 Å². The van der Waals surface area contributed by atoms with Crippen molar-refractivity contribution in [1.29, 1.82) is 0 Å². The fourth-order valence-electron chi connectivity index (χ4n) is 0.843. The van der Waals surface area contributed by atoms with E-state index in [1.807, 2.05) is 0 Å². The minimum atomic E-state index is -0.781. The average molecular weight is 264 g/mol. The Balaban J connectivity index is 3.06. The Labute approximate surface area is 87.1 Å². The lowest BCUT2D eigenvalue weighted by molar-refractivity contribution is -0.402. The van der Waals surface area contributed by atoms with Crippen molar-refractivity contribution in [1.82, 2.24) is 0 Å². The van der Waals surface area contributed by atoms with Gasteiger partial charge in [0.1, 0.15) is 4.92 Å². The first kappa shape index (κ1) is 10.7. The zero-order valence-corrected chi connectivity index (χ0v) is 8.74. The smallest absolute Gasteiger partial charge is 0.448 e. The molecule has 0 saturated heterocycles. The minimum Gasteiger partial charge on any atom is -0.462 e. The number of esters is 1. The van der Waals surface area contributed by atoms with Gasteiger partial charge in [0.25, 0.3) is 0 Å². The van der Waals surface area contributed by atoms with Crippen LogP contribution in [0.4, 0.5) is 5.88 Å². The van der Waals surface area contributed by atoms with E-state index in [4.69, 9.17) is 0 Å². The van der Waals surface area contributed by atoms with Crippen molar-refractivity contribution in [3.63, 3.8) is 0 Å². The third-order valence-electron chi connectivity index (χ3n) is 1.34. The Hall–Kier alpha value is -1.37. The number of hydrogen-bond acceptors (Lipinski definition) is 5. The van der Waals surface area contributed by atoms with Gasteiger partial charge in [0.15, 0.2) is 10.2 Å². The van der Waals surface area contributed by atoms with Crippen LogP contribution >= 0.6 is 15.9 Å². The second-order valence-electron chi connectivity index (χ2n) is 2.25. The molecule has 0 aromatic carbocycles. The number of ether oxygens (including phenoxy) is 1. The summed E-state index contributed by atoms with van der Waals surface area (Å²) in [7, 11) is 0. The maximum Gasteiger partial charge on any atom is 0.448 e. The molecule has 1 aromatic rings. The molecule has 0 atom stereocenters. The normalized spacial score (nSPS) is 9.86. The van der Waals surface area contributed by atoms with Gasteiger partial charge in [-0.05, 0) is 22.9 Å². The molecule has 1 rings (SSSR count). The van der Waals surface area contributed by atoms with Gasteiger partial charge < -0.3 is 9.15 Å². The van der Waals surface area contributed by atoms with Crippen molar-refractivity contribution >= 4 is 27.8 Å². The maximum absolute atomic E-state index is 11.2. The summed E-state index contributed by atoms with van der Waals surface area (Å²) in [5.74, 6) is -1.39. The van der Waals surface area contributed by atoms with Crippen molar-refractivity contribution in [2.24, 2.45) is 0 Å². The van der Waals surface area contributed by atoms with E-state index in [0.29, 0.717) is 0 Å². The van der Waals surface area contributed by atoms with E-state index in [1.54, 1.807) is 6.92 Å². The Morgan fingerprint density at radius 2 is 2.43 bits per heavy atom. The molecule has 76 valence electrons. The molecule has 0 unspecified atom stereocenters. The largest absolute Gasteiger partial charge is 0.462 e. The molecule has 1 aromatic heterocycles. The summed E-state index contributed by atoms with van der Waals surface area (Å²) in [6.07, 6.45) is 0. The van der Waals surface area contributed by atoms with Crippen LogP contribution in [0, 0.1) is 10.1 Å². The van der Waals surface area contributed by atoms with E-state index >= 15 is 0 Å². The predicted octanol–water partition coefficient (Wildman–Crippen LogP) is 2.13. The summed E-state index contributed by atoms with van der Waals surface area (Å²) < 4.78 is 9.39. The number of nitro groups is 1. The van der Waals surface area contributed by atoms with E-state index in [9.17, 15) is 14.9 Å². The van der Waals surface area contributed by atoms with E-state index in [0.717, 1.165) is 0 Å². The fourth-order valence-corrected chi connectivity index (χ4v) is 1.22. The fraction of sp³-hybridized carbons (Fsp3) is 0.286. The monoisotopic (exact) mass is 263 g/mol. The zero-order valence-electron chi connectivity index (χ0n) is 7.15. The molecular formula is C7H6BrNO5. The average Bonchev–Trinajstić information content (AvgIpc) is 2.48. The number of carbonyl (C=O) groups is 1. The van der Waals surface area contributed by atoms with Crippen LogP contribution in [0.5, 0.6) is 0 Å².